The van der Waals surface area contributed by atoms with Crippen molar-refractivity contribution in [3.8, 4) is 0 Å². The van der Waals surface area contributed by atoms with Gasteiger partial charge in [-0.15, -0.1) is 11.6 Å². The Morgan fingerprint density at radius 3 is 2.00 bits per heavy atom. The van der Waals surface area contributed by atoms with Gasteiger partial charge in [0.05, 0.1) is 0 Å². The van der Waals surface area contributed by atoms with E-state index in [1.807, 2.05) is 0 Å². The van der Waals surface area contributed by atoms with Crippen LogP contribution in [0.2, 0.25) is 0 Å². The quantitative estimate of drug-likeness (QED) is 0.672. The molecule has 72 valence electrons. The highest BCUT2D eigenvalue weighted by Gasteiger charge is 2.12. The number of nitrogens with zero attached hydrogens (tertiary/aromatic N) is 1. The van der Waals surface area contributed by atoms with E-state index in [1.165, 1.54) is 17.0 Å². The highest BCUT2D eigenvalue weighted by atomic mass is 35.5. The van der Waals surface area contributed by atoms with E-state index in [0.717, 1.165) is 0 Å². The minimum Gasteiger partial charge on any atom is -0.373 e. The molecule has 4 heteroatoms. The number of halogens is 3. The van der Waals surface area contributed by atoms with Crippen molar-refractivity contribution in [2.24, 2.45) is 0 Å². The summed E-state index contributed by atoms with van der Waals surface area (Å²) in [5.41, 5.74) is 0.413. The topological polar surface area (TPSA) is 3.24 Å². The molecule has 1 rings (SSSR count). The zero-order chi connectivity index (χ0) is 10.0. The van der Waals surface area contributed by atoms with Crippen LogP contribution in [0.15, 0.2) is 12.1 Å². The zero-order valence-corrected chi connectivity index (χ0v) is 8.20. The van der Waals surface area contributed by atoms with Crippen molar-refractivity contribution in [2.45, 2.75) is 5.88 Å². The maximum atomic E-state index is 13.2. The van der Waals surface area contributed by atoms with E-state index in [-0.39, 0.29) is 11.6 Å². The lowest BCUT2D eigenvalue weighted by Crippen LogP contribution is -2.13. The minimum atomic E-state index is -0.583. The molecule has 0 saturated heterocycles. The fraction of sp³-hybridized carbons (Fsp3) is 0.333. The van der Waals surface area contributed by atoms with Gasteiger partial charge in [-0.3, -0.25) is 0 Å². The lowest BCUT2D eigenvalue weighted by molar-refractivity contribution is 0.579. The predicted octanol–water partition coefficient (Wildman–Crippen LogP) is 2.77. The molecule has 0 unspecified atom stereocenters. The molecule has 0 spiro atoms. The predicted molar refractivity (Wildman–Crippen MR) is 50.2 cm³/mol. The number of alkyl halides is 1. The van der Waals surface area contributed by atoms with Crippen LogP contribution in [0.5, 0.6) is 0 Å². The number of anilines is 1. The first kappa shape index (κ1) is 10.3. The van der Waals surface area contributed by atoms with Gasteiger partial charge >= 0.3 is 0 Å². The van der Waals surface area contributed by atoms with Crippen LogP contribution in [-0.2, 0) is 5.88 Å². The molecule has 0 bridgehead atoms. The Morgan fingerprint density at radius 2 is 1.69 bits per heavy atom. The zero-order valence-electron chi connectivity index (χ0n) is 7.44. The second kappa shape index (κ2) is 3.92. The second-order valence-corrected chi connectivity index (χ2v) is 3.20. The average Bonchev–Trinajstić information content (AvgIpc) is 2.02. The smallest absolute Gasteiger partial charge is 0.149 e. The first-order valence-corrected chi connectivity index (χ1v) is 4.31. The van der Waals surface area contributed by atoms with Crippen molar-refractivity contribution < 1.29 is 8.78 Å². The highest BCUT2D eigenvalue weighted by molar-refractivity contribution is 6.17. The van der Waals surface area contributed by atoms with Crippen LogP contribution in [0.3, 0.4) is 0 Å². The van der Waals surface area contributed by atoms with E-state index in [2.05, 4.69) is 0 Å². The lowest BCUT2D eigenvalue weighted by Gasteiger charge is -2.14. The summed E-state index contributed by atoms with van der Waals surface area (Å²) in [6.45, 7) is 0. The van der Waals surface area contributed by atoms with E-state index < -0.39 is 11.6 Å². The van der Waals surface area contributed by atoms with Crippen molar-refractivity contribution in [3.63, 3.8) is 0 Å². The van der Waals surface area contributed by atoms with Crippen molar-refractivity contribution in [3.05, 3.63) is 29.3 Å². The Labute approximate surface area is 80.9 Å². The second-order valence-electron chi connectivity index (χ2n) is 2.94. The Balaban J connectivity index is 3.23. The van der Waals surface area contributed by atoms with Gasteiger partial charge in [0.15, 0.2) is 0 Å². The Hall–Kier alpha value is -0.830. The SMILES string of the molecule is CN(C)c1c(F)cc(CCl)cc1F. The van der Waals surface area contributed by atoms with E-state index in [9.17, 15) is 8.78 Å². The molecule has 13 heavy (non-hydrogen) atoms. The lowest BCUT2D eigenvalue weighted by atomic mass is 10.2. The van der Waals surface area contributed by atoms with Crippen molar-refractivity contribution in [1.29, 1.82) is 0 Å². The van der Waals surface area contributed by atoms with Crippen LogP contribution in [0.25, 0.3) is 0 Å². The number of rotatable bonds is 2. The standard InChI is InChI=1S/C9H10ClF2N/c1-13(2)9-7(11)3-6(5-10)4-8(9)12/h3-4H,5H2,1-2H3. The molecule has 1 aromatic rings. The average molecular weight is 206 g/mol. The van der Waals surface area contributed by atoms with Gasteiger partial charge in [0.1, 0.15) is 17.3 Å². The van der Waals surface area contributed by atoms with Gasteiger partial charge in [-0.25, -0.2) is 8.78 Å². The number of benzene rings is 1. The summed E-state index contributed by atoms with van der Waals surface area (Å²) in [4.78, 5) is 1.39. The molecule has 0 atom stereocenters. The monoisotopic (exact) mass is 205 g/mol. The first-order chi connectivity index (χ1) is 6.06. The molecule has 0 heterocycles. The maximum absolute atomic E-state index is 13.2. The molecule has 0 aliphatic carbocycles. The molecule has 0 amide bonds. The van der Waals surface area contributed by atoms with Crippen LogP contribution in [0.4, 0.5) is 14.5 Å². The highest BCUT2D eigenvalue weighted by Crippen LogP contribution is 2.23. The normalized spacial score (nSPS) is 10.2. The summed E-state index contributed by atoms with van der Waals surface area (Å²) >= 11 is 5.46. The fourth-order valence-electron chi connectivity index (χ4n) is 1.12. The van der Waals surface area contributed by atoms with Crippen LogP contribution in [0.1, 0.15) is 5.56 Å². The van der Waals surface area contributed by atoms with Gasteiger partial charge in [0.25, 0.3) is 0 Å². The molecule has 0 aliphatic heterocycles. The van der Waals surface area contributed by atoms with E-state index >= 15 is 0 Å². The summed E-state index contributed by atoms with van der Waals surface area (Å²) < 4.78 is 26.4. The molecular formula is C9H10ClF2N. The molecule has 0 aromatic heterocycles. The Kier molecular flexibility index (Phi) is 3.09. The summed E-state index contributed by atoms with van der Waals surface area (Å²) in [6, 6.07) is 2.48. The van der Waals surface area contributed by atoms with Gasteiger partial charge in [0.2, 0.25) is 0 Å². The summed E-state index contributed by atoms with van der Waals surface area (Å²) in [7, 11) is 3.17. The van der Waals surface area contributed by atoms with Crippen molar-refractivity contribution in [1.82, 2.24) is 0 Å². The van der Waals surface area contributed by atoms with Crippen LogP contribution >= 0.6 is 11.6 Å². The third kappa shape index (κ3) is 2.10. The van der Waals surface area contributed by atoms with Crippen LogP contribution in [0, 0.1) is 11.6 Å². The number of hydrogen-bond donors (Lipinski definition) is 0. The molecule has 0 saturated carbocycles. The molecule has 0 N–H and O–H groups in total. The molecule has 1 nitrogen and oxygen atoms in total. The largest absolute Gasteiger partial charge is 0.373 e. The van der Waals surface area contributed by atoms with E-state index in [1.54, 1.807) is 14.1 Å². The third-order valence-corrected chi connectivity index (χ3v) is 1.99. The van der Waals surface area contributed by atoms with Gasteiger partial charge in [0, 0.05) is 20.0 Å². The number of hydrogen-bond acceptors (Lipinski definition) is 1. The van der Waals surface area contributed by atoms with E-state index in [4.69, 9.17) is 11.6 Å². The summed E-state index contributed by atoms with van der Waals surface area (Å²) in [6.07, 6.45) is 0. The van der Waals surface area contributed by atoms with Crippen LogP contribution in [-0.4, -0.2) is 14.1 Å². The van der Waals surface area contributed by atoms with Gasteiger partial charge in [-0.2, -0.15) is 0 Å². The van der Waals surface area contributed by atoms with Gasteiger partial charge in [-0.1, -0.05) is 0 Å². The molecule has 1 aromatic carbocycles. The molecule has 0 fully saturated rings. The van der Waals surface area contributed by atoms with Crippen molar-refractivity contribution in [2.75, 3.05) is 19.0 Å². The fourth-order valence-corrected chi connectivity index (χ4v) is 1.28. The van der Waals surface area contributed by atoms with Crippen molar-refractivity contribution >= 4 is 17.3 Å². The van der Waals surface area contributed by atoms with Crippen LogP contribution < -0.4 is 4.90 Å². The third-order valence-electron chi connectivity index (χ3n) is 1.68. The molecule has 0 aliphatic rings. The first-order valence-electron chi connectivity index (χ1n) is 3.77. The Bertz CT molecular complexity index is 289. The molecule has 0 radical (unpaired) electrons. The molecular weight excluding hydrogens is 196 g/mol. The van der Waals surface area contributed by atoms with Gasteiger partial charge in [-0.05, 0) is 17.7 Å². The maximum Gasteiger partial charge on any atom is 0.149 e. The minimum absolute atomic E-state index is 0.0335. The van der Waals surface area contributed by atoms with E-state index in [0.29, 0.717) is 5.56 Å². The summed E-state index contributed by atoms with van der Waals surface area (Å²) in [5, 5.41) is 0. The summed E-state index contributed by atoms with van der Waals surface area (Å²) in [5.74, 6) is -1.05. The Morgan fingerprint density at radius 1 is 1.23 bits per heavy atom. The van der Waals surface area contributed by atoms with Gasteiger partial charge < -0.3 is 4.90 Å².